The number of aromatic nitrogens is 4. The number of tetrazole rings is 1. The highest BCUT2D eigenvalue weighted by atomic mass is 16.1. The molecule has 3 rings (SSSR count). The van der Waals surface area contributed by atoms with Crippen molar-refractivity contribution in [3.05, 3.63) is 60.2 Å². The second-order valence-corrected chi connectivity index (χ2v) is 4.91. The quantitative estimate of drug-likeness (QED) is 0.799. The third-order valence-corrected chi connectivity index (χ3v) is 3.25. The molecule has 0 unspecified atom stereocenters. The maximum absolute atomic E-state index is 12.0. The number of rotatable bonds is 4. The Balaban J connectivity index is 1.66. The van der Waals surface area contributed by atoms with Gasteiger partial charge in [-0.3, -0.25) is 4.79 Å². The SMILES string of the molecule is Cn1nnnc1-c1ccc(NC(=O)Cc2ccccc2)cc1. The summed E-state index contributed by atoms with van der Waals surface area (Å²) in [4.78, 5) is 12.0. The predicted molar refractivity (Wildman–Crippen MR) is 83.0 cm³/mol. The molecule has 0 aliphatic heterocycles. The molecule has 6 nitrogen and oxygen atoms in total. The van der Waals surface area contributed by atoms with Crippen molar-refractivity contribution in [1.82, 2.24) is 20.2 Å². The van der Waals surface area contributed by atoms with E-state index in [1.165, 1.54) is 0 Å². The first kappa shape index (κ1) is 13.9. The molecule has 0 saturated heterocycles. The van der Waals surface area contributed by atoms with Crippen molar-refractivity contribution < 1.29 is 4.79 Å². The van der Waals surface area contributed by atoms with Gasteiger partial charge in [0.2, 0.25) is 5.91 Å². The molecule has 1 aromatic heterocycles. The molecule has 0 aliphatic carbocycles. The molecule has 1 amide bonds. The molecule has 0 saturated carbocycles. The van der Waals surface area contributed by atoms with Crippen LogP contribution in [0.15, 0.2) is 54.6 Å². The van der Waals surface area contributed by atoms with Crippen LogP contribution in [0.25, 0.3) is 11.4 Å². The fraction of sp³-hybridized carbons (Fsp3) is 0.125. The molecule has 0 bridgehead atoms. The van der Waals surface area contributed by atoms with Gasteiger partial charge in [0.15, 0.2) is 5.82 Å². The number of amides is 1. The van der Waals surface area contributed by atoms with E-state index in [2.05, 4.69) is 20.8 Å². The van der Waals surface area contributed by atoms with Crippen molar-refractivity contribution in [3.63, 3.8) is 0 Å². The fourth-order valence-electron chi connectivity index (χ4n) is 2.16. The number of benzene rings is 2. The summed E-state index contributed by atoms with van der Waals surface area (Å²) >= 11 is 0. The van der Waals surface area contributed by atoms with Crippen LogP contribution in [-0.4, -0.2) is 26.1 Å². The summed E-state index contributed by atoms with van der Waals surface area (Å²) in [5, 5.41) is 14.2. The summed E-state index contributed by atoms with van der Waals surface area (Å²) in [6.45, 7) is 0. The number of nitrogens with one attached hydrogen (secondary N) is 1. The van der Waals surface area contributed by atoms with Crippen LogP contribution >= 0.6 is 0 Å². The average molecular weight is 293 g/mol. The van der Waals surface area contributed by atoms with Gasteiger partial charge in [-0.15, -0.1) is 5.10 Å². The first-order valence-corrected chi connectivity index (χ1v) is 6.89. The second-order valence-electron chi connectivity index (χ2n) is 4.91. The van der Waals surface area contributed by atoms with Crippen molar-refractivity contribution in [2.24, 2.45) is 7.05 Å². The van der Waals surface area contributed by atoms with Gasteiger partial charge in [0.1, 0.15) is 0 Å². The van der Waals surface area contributed by atoms with E-state index in [9.17, 15) is 4.79 Å². The summed E-state index contributed by atoms with van der Waals surface area (Å²) in [5.41, 5.74) is 2.63. The normalized spacial score (nSPS) is 10.4. The van der Waals surface area contributed by atoms with Crippen molar-refractivity contribution >= 4 is 11.6 Å². The Labute approximate surface area is 127 Å². The molecule has 22 heavy (non-hydrogen) atoms. The first-order valence-electron chi connectivity index (χ1n) is 6.89. The summed E-state index contributed by atoms with van der Waals surface area (Å²) < 4.78 is 1.60. The molecule has 2 aromatic carbocycles. The molecular weight excluding hydrogens is 278 g/mol. The predicted octanol–water partition coefficient (Wildman–Crippen LogP) is 2.06. The number of hydrogen-bond acceptors (Lipinski definition) is 4. The zero-order chi connectivity index (χ0) is 15.4. The van der Waals surface area contributed by atoms with E-state index in [1.807, 2.05) is 54.6 Å². The van der Waals surface area contributed by atoms with Crippen molar-refractivity contribution in [3.8, 4) is 11.4 Å². The van der Waals surface area contributed by atoms with E-state index in [1.54, 1.807) is 11.7 Å². The van der Waals surface area contributed by atoms with Gasteiger partial charge in [0, 0.05) is 18.3 Å². The Morgan fingerprint density at radius 2 is 1.82 bits per heavy atom. The van der Waals surface area contributed by atoms with Gasteiger partial charge in [0.05, 0.1) is 6.42 Å². The minimum absolute atomic E-state index is 0.0423. The van der Waals surface area contributed by atoms with Crippen molar-refractivity contribution in [2.45, 2.75) is 6.42 Å². The van der Waals surface area contributed by atoms with Gasteiger partial charge in [-0.05, 0) is 40.3 Å². The zero-order valence-corrected chi connectivity index (χ0v) is 12.1. The molecule has 110 valence electrons. The lowest BCUT2D eigenvalue weighted by Crippen LogP contribution is -2.14. The lowest BCUT2D eigenvalue weighted by atomic mass is 10.1. The third kappa shape index (κ3) is 3.17. The van der Waals surface area contributed by atoms with Crippen LogP contribution in [0.5, 0.6) is 0 Å². The third-order valence-electron chi connectivity index (χ3n) is 3.25. The molecule has 0 spiro atoms. The lowest BCUT2D eigenvalue weighted by Gasteiger charge is -2.06. The molecule has 1 N–H and O–H groups in total. The molecule has 6 heteroatoms. The molecule has 0 fully saturated rings. The van der Waals surface area contributed by atoms with E-state index >= 15 is 0 Å². The maximum Gasteiger partial charge on any atom is 0.228 e. The summed E-state index contributed by atoms with van der Waals surface area (Å²) in [6.07, 6.45) is 0.357. The Bertz CT molecular complexity index is 765. The van der Waals surface area contributed by atoms with Crippen LogP contribution in [0, 0.1) is 0 Å². The van der Waals surface area contributed by atoms with Crippen molar-refractivity contribution in [1.29, 1.82) is 0 Å². The van der Waals surface area contributed by atoms with Gasteiger partial charge in [-0.2, -0.15) is 0 Å². The molecule has 3 aromatic rings. The Morgan fingerprint density at radius 1 is 1.09 bits per heavy atom. The molecule has 0 atom stereocenters. The first-order chi connectivity index (χ1) is 10.7. The fourth-order valence-corrected chi connectivity index (χ4v) is 2.16. The number of carbonyl (C=O) groups excluding carboxylic acids is 1. The summed E-state index contributed by atoms with van der Waals surface area (Å²) in [6, 6.07) is 17.1. The summed E-state index contributed by atoms with van der Waals surface area (Å²) in [5.74, 6) is 0.640. The highest BCUT2D eigenvalue weighted by Gasteiger charge is 2.07. The number of carbonyl (C=O) groups is 1. The second kappa shape index (κ2) is 6.17. The molecule has 0 aliphatic rings. The zero-order valence-electron chi connectivity index (χ0n) is 12.1. The Hall–Kier alpha value is -3.02. The highest BCUT2D eigenvalue weighted by Crippen LogP contribution is 2.18. The van der Waals surface area contributed by atoms with Crippen LogP contribution in [0.3, 0.4) is 0 Å². The minimum atomic E-state index is -0.0423. The van der Waals surface area contributed by atoms with Crippen LogP contribution in [0.1, 0.15) is 5.56 Å². The van der Waals surface area contributed by atoms with Gasteiger partial charge in [-0.1, -0.05) is 30.3 Å². The average Bonchev–Trinajstić information content (AvgIpc) is 2.95. The Morgan fingerprint density at radius 3 is 2.45 bits per heavy atom. The molecular formula is C16H15N5O. The topological polar surface area (TPSA) is 72.7 Å². The van der Waals surface area contributed by atoms with Gasteiger partial charge >= 0.3 is 0 Å². The largest absolute Gasteiger partial charge is 0.326 e. The smallest absolute Gasteiger partial charge is 0.228 e. The standard InChI is InChI=1S/C16H15N5O/c1-21-16(18-19-20-21)13-7-9-14(10-8-13)17-15(22)11-12-5-3-2-4-6-12/h2-10H,11H2,1H3,(H,17,22). The van der Waals surface area contributed by atoms with Crippen LogP contribution in [-0.2, 0) is 18.3 Å². The maximum atomic E-state index is 12.0. The van der Waals surface area contributed by atoms with E-state index in [4.69, 9.17) is 0 Å². The van der Waals surface area contributed by atoms with Gasteiger partial charge in [-0.25, -0.2) is 4.68 Å². The lowest BCUT2D eigenvalue weighted by molar-refractivity contribution is -0.115. The van der Waals surface area contributed by atoms with Gasteiger partial charge in [0.25, 0.3) is 0 Å². The van der Waals surface area contributed by atoms with E-state index < -0.39 is 0 Å². The number of aryl methyl sites for hydroxylation is 1. The van der Waals surface area contributed by atoms with Crippen LogP contribution < -0.4 is 5.32 Å². The van der Waals surface area contributed by atoms with Crippen molar-refractivity contribution in [2.75, 3.05) is 5.32 Å². The summed E-state index contributed by atoms with van der Waals surface area (Å²) in [7, 11) is 1.78. The minimum Gasteiger partial charge on any atom is -0.326 e. The van der Waals surface area contributed by atoms with E-state index in [-0.39, 0.29) is 5.91 Å². The highest BCUT2D eigenvalue weighted by molar-refractivity contribution is 5.92. The molecule has 0 radical (unpaired) electrons. The Kier molecular flexibility index (Phi) is 3.91. The van der Waals surface area contributed by atoms with E-state index in [0.717, 1.165) is 16.8 Å². The van der Waals surface area contributed by atoms with Crippen LogP contribution in [0.4, 0.5) is 5.69 Å². The number of hydrogen-bond donors (Lipinski definition) is 1. The molecule has 1 heterocycles. The van der Waals surface area contributed by atoms with Crippen LogP contribution in [0.2, 0.25) is 0 Å². The van der Waals surface area contributed by atoms with Gasteiger partial charge < -0.3 is 5.32 Å². The monoisotopic (exact) mass is 293 g/mol. The number of nitrogens with zero attached hydrogens (tertiary/aromatic N) is 4. The van der Waals surface area contributed by atoms with E-state index in [0.29, 0.717) is 12.2 Å². The number of anilines is 1.